The number of aryl methyl sites for hydroxylation is 1. The number of methoxy groups -OCH3 is 1. The average Bonchev–Trinajstić information content (AvgIpc) is 2.81. The molecule has 0 spiro atoms. The number of nitriles is 1. The molecule has 0 aliphatic carbocycles. The summed E-state index contributed by atoms with van der Waals surface area (Å²) in [7, 11) is 1.66. The van der Waals surface area contributed by atoms with E-state index in [0.29, 0.717) is 12.2 Å². The fourth-order valence-electron chi connectivity index (χ4n) is 2.05. The molecule has 2 aromatic heterocycles. The monoisotopic (exact) mass is 241 g/mol. The zero-order chi connectivity index (χ0) is 13.1. The van der Waals surface area contributed by atoms with Gasteiger partial charge in [0.05, 0.1) is 19.3 Å². The zero-order valence-electron chi connectivity index (χ0n) is 10.8. The highest BCUT2D eigenvalue weighted by Crippen LogP contribution is 2.24. The lowest BCUT2D eigenvalue weighted by molar-refractivity contribution is 0.406. The van der Waals surface area contributed by atoms with Gasteiger partial charge in [-0.2, -0.15) is 5.26 Å². The summed E-state index contributed by atoms with van der Waals surface area (Å²) >= 11 is 0. The standard InChI is InChI=1S/C14H15N3O/c1-10-8-16-13(11(2)14(10)18-3)9-17-6-4-5-12(17)7-15/h4-6,8H,9H2,1-3H3. The van der Waals surface area contributed by atoms with Gasteiger partial charge in [0.25, 0.3) is 0 Å². The van der Waals surface area contributed by atoms with Crippen LogP contribution in [0, 0.1) is 25.2 Å². The number of rotatable bonds is 3. The summed E-state index contributed by atoms with van der Waals surface area (Å²) in [5.41, 5.74) is 3.60. The van der Waals surface area contributed by atoms with Crippen molar-refractivity contribution in [2.75, 3.05) is 7.11 Å². The molecule has 2 aromatic rings. The molecule has 0 aliphatic rings. The topological polar surface area (TPSA) is 50.8 Å². The van der Waals surface area contributed by atoms with E-state index in [1.165, 1.54) is 0 Å². The van der Waals surface area contributed by atoms with Crippen LogP contribution in [0.2, 0.25) is 0 Å². The lowest BCUT2D eigenvalue weighted by Gasteiger charge is -2.13. The van der Waals surface area contributed by atoms with Gasteiger partial charge in [-0.1, -0.05) is 0 Å². The summed E-state index contributed by atoms with van der Waals surface area (Å²) in [5.74, 6) is 0.866. The van der Waals surface area contributed by atoms with Gasteiger partial charge in [0, 0.05) is 23.5 Å². The van der Waals surface area contributed by atoms with Crippen molar-refractivity contribution >= 4 is 0 Å². The Hall–Kier alpha value is -2.28. The maximum absolute atomic E-state index is 8.98. The third-order valence-corrected chi connectivity index (χ3v) is 3.01. The second kappa shape index (κ2) is 4.92. The second-order valence-corrected chi connectivity index (χ2v) is 4.18. The van der Waals surface area contributed by atoms with Crippen molar-refractivity contribution in [2.45, 2.75) is 20.4 Å². The molecule has 0 atom stereocenters. The van der Waals surface area contributed by atoms with E-state index >= 15 is 0 Å². The van der Waals surface area contributed by atoms with E-state index in [2.05, 4.69) is 11.1 Å². The van der Waals surface area contributed by atoms with E-state index in [1.54, 1.807) is 19.4 Å². The SMILES string of the molecule is COc1c(C)cnc(Cn2cccc2C#N)c1C. The van der Waals surface area contributed by atoms with Crippen LogP contribution in [-0.4, -0.2) is 16.7 Å². The predicted octanol–water partition coefficient (Wildman–Crippen LogP) is 2.43. The van der Waals surface area contributed by atoms with E-state index in [9.17, 15) is 0 Å². The van der Waals surface area contributed by atoms with E-state index in [0.717, 1.165) is 22.6 Å². The number of ether oxygens (including phenoxy) is 1. The molecule has 92 valence electrons. The summed E-state index contributed by atoms with van der Waals surface area (Å²) in [6, 6.07) is 5.81. The Labute approximate surface area is 106 Å². The third-order valence-electron chi connectivity index (χ3n) is 3.01. The highest BCUT2D eigenvalue weighted by Gasteiger charge is 2.10. The quantitative estimate of drug-likeness (QED) is 0.829. The first-order valence-corrected chi connectivity index (χ1v) is 5.71. The minimum absolute atomic E-state index is 0.582. The molecule has 2 heterocycles. The first kappa shape index (κ1) is 12.2. The Balaban J connectivity index is 2.39. The van der Waals surface area contributed by atoms with Gasteiger partial charge in [-0.05, 0) is 26.0 Å². The fourth-order valence-corrected chi connectivity index (χ4v) is 2.05. The Morgan fingerprint density at radius 3 is 2.89 bits per heavy atom. The van der Waals surface area contributed by atoms with Crippen LogP contribution in [-0.2, 0) is 6.54 Å². The minimum Gasteiger partial charge on any atom is -0.496 e. The largest absolute Gasteiger partial charge is 0.496 e. The molecule has 0 radical (unpaired) electrons. The van der Waals surface area contributed by atoms with Gasteiger partial charge in [0.15, 0.2) is 0 Å². The predicted molar refractivity (Wildman–Crippen MR) is 68.5 cm³/mol. The fraction of sp³-hybridized carbons (Fsp3) is 0.286. The second-order valence-electron chi connectivity index (χ2n) is 4.18. The first-order chi connectivity index (χ1) is 8.67. The number of hydrogen-bond acceptors (Lipinski definition) is 3. The maximum Gasteiger partial charge on any atom is 0.128 e. The number of pyridine rings is 1. The molecule has 0 saturated heterocycles. The minimum atomic E-state index is 0.582. The van der Waals surface area contributed by atoms with Gasteiger partial charge in [0.1, 0.15) is 17.5 Å². The van der Waals surface area contributed by atoms with E-state index in [4.69, 9.17) is 10.00 Å². The molecule has 0 unspecified atom stereocenters. The van der Waals surface area contributed by atoms with Crippen molar-refractivity contribution in [1.82, 2.24) is 9.55 Å². The molecular weight excluding hydrogens is 226 g/mol. The molecule has 2 rings (SSSR count). The third kappa shape index (κ3) is 2.07. The summed E-state index contributed by atoms with van der Waals surface area (Å²) in [4.78, 5) is 4.43. The van der Waals surface area contributed by atoms with Crippen LogP contribution in [0.15, 0.2) is 24.5 Å². The number of hydrogen-bond donors (Lipinski definition) is 0. The van der Waals surface area contributed by atoms with Gasteiger partial charge in [-0.25, -0.2) is 0 Å². The van der Waals surface area contributed by atoms with Crippen molar-refractivity contribution in [3.8, 4) is 11.8 Å². The molecule has 4 heteroatoms. The molecule has 0 saturated carbocycles. The van der Waals surface area contributed by atoms with Crippen LogP contribution in [0.25, 0.3) is 0 Å². The number of aromatic nitrogens is 2. The molecule has 0 aromatic carbocycles. The van der Waals surface area contributed by atoms with E-state index in [1.807, 2.05) is 30.7 Å². The van der Waals surface area contributed by atoms with Crippen LogP contribution >= 0.6 is 0 Å². The van der Waals surface area contributed by atoms with Crippen LogP contribution in [0.4, 0.5) is 0 Å². The highest BCUT2D eigenvalue weighted by atomic mass is 16.5. The van der Waals surface area contributed by atoms with Crippen molar-refractivity contribution in [3.05, 3.63) is 47.0 Å². The molecule has 0 bridgehead atoms. The van der Waals surface area contributed by atoms with Crippen LogP contribution < -0.4 is 4.74 Å². The van der Waals surface area contributed by atoms with Gasteiger partial charge < -0.3 is 9.30 Å². The van der Waals surface area contributed by atoms with Crippen molar-refractivity contribution < 1.29 is 4.74 Å². The molecule has 0 aliphatic heterocycles. The Kier molecular flexibility index (Phi) is 3.33. The zero-order valence-corrected chi connectivity index (χ0v) is 10.8. The molecule has 0 fully saturated rings. The summed E-state index contributed by atoms with van der Waals surface area (Å²) < 4.78 is 7.26. The molecule has 18 heavy (non-hydrogen) atoms. The van der Waals surface area contributed by atoms with E-state index < -0.39 is 0 Å². The smallest absolute Gasteiger partial charge is 0.128 e. The lowest BCUT2D eigenvalue weighted by atomic mass is 10.1. The van der Waals surface area contributed by atoms with Crippen LogP contribution in [0.3, 0.4) is 0 Å². The Morgan fingerprint density at radius 1 is 1.44 bits per heavy atom. The van der Waals surface area contributed by atoms with E-state index in [-0.39, 0.29) is 0 Å². The Morgan fingerprint density at radius 2 is 2.22 bits per heavy atom. The lowest BCUT2D eigenvalue weighted by Crippen LogP contribution is -2.06. The summed E-state index contributed by atoms with van der Waals surface area (Å²) in [6.07, 6.45) is 3.68. The van der Waals surface area contributed by atoms with Crippen molar-refractivity contribution in [1.29, 1.82) is 5.26 Å². The normalized spacial score (nSPS) is 10.1. The number of nitrogens with zero attached hydrogens (tertiary/aromatic N) is 3. The van der Waals surface area contributed by atoms with Gasteiger partial charge >= 0.3 is 0 Å². The maximum atomic E-state index is 8.98. The van der Waals surface area contributed by atoms with Gasteiger partial charge in [-0.15, -0.1) is 0 Å². The summed E-state index contributed by atoms with van der Waals surface area (Å²) in [5, 5.41) is 8.98. The van der Waals surface area contributed by atoms with Gasteiger partial charge in [0.2, 0.25) is 0 Å². The molecule has 0 N–H and O–H groups in total. The first-order valence-electron chi connectivity index (χ1n) is 5.71. The van der Waals surface area contributed by atoms with Gasteiger partial charge in [-0.3, -0.25) is 4.98 Å². The highest BCUT2D eigenvalue weighted by molar-refractivity contribution is 5.41. The van der Waals surface area contributed by atoms with Crippen molar-refractivity contribution in [3.63, 3.8) is 0 Å². The molecule has 0 amide bonds. The molecular formula is C14H15N3O. The Bertz CT molecular complexity index is 608. The van der Waals surface area contributed by atoms with Crippen molar-refractivity contribution in [2.24, 2.45) is 0 Å². The summed E-state index contributed by atoms with van der Waals surface area (Å²) in [6.45, 7) is 4.54. The van der Waals surface area contributed by atoms with Crippen LogP contribution in [0.5, 0.6) is 5.75 Å². The molecule has 4 nitrogen and oxygen atoms in total. The van der Waals surface area contributed by atoms with Crippen LogP contribution in [0.1, 0.15) is 22.5 Å². The average molecular weight is 241 g/mol.